The number of nitrogens with one attached hydrogen (secondary N) is 1. The van der Waals surface area contributed by atoms with Gasteiger partial charge in [-0.15, -0.1) is 0 Å². The molecule has 5 heteroatoms. The molecule has 108 valence electrons. The maximum atomic E-state index is 12.9. The number of amides is 1. The number of aryl methyl sites for hydroxylation is 1. The summed E-state index contributed by atoms with van der Waals surface area (Å²) < 4.78 is 2.03. The summed E-state index contributed by atoms with van der Waals surface area (Å²) >= 11 is 0. The van der Waals surface area contributed by atoms with E-state index in [1.807, 2.05) is 33.9 Å². The Kier molecular flexibility index (Phi) is 2.74. The quantitative estimate of drug-likeness (QED) is 0.873. The minimum absolute atomic E-state index is 0.00356. The summed E-state index contributed by atoms with van der Waals surface area (Å²) in [4.78, 5) is 19.2. The maximum Gasteiger partial charge on any atom is 0.278 e. The van der Waals surface area contributed by atoms with Crippen LogP contribution < -0.4 is 10.2 Å². The number of fused-ring (bicyclic) bond motifs is 2. The van der Waals surface area contributed by atoms with Crippen LogP contribution in [0.2, 0.25) is 0 Å². The van der Waals surface area contributed by atoms with Gasteiger partial charge in [-0.3, -0.25) is 4.79 Å². The van der Waals surface area contributed by atoms with Crippen LogP contribution in [0, 0.1) is 0 Å². The standard InChI is InChI=1S/C16H18N4O/c1-11-9-12-5-2-3-6-14(12)20(11)15(21)13-10-19-8-4-7-17-16(19)18-13/h2-3,5-6,10-11H,4,7-9H2,1H3,(H,17,18). The van der Waals surface area contributed by atoms with Crippen molar-refractivity contribution >= 4 is 17.5 Å². The topological polar surface area (TPSA) is 50.2 Å². The lowest BCUT2D eigenvalue weighted by atomic mass is 10.1. The van der Waals surface area contributed by atoms with Crippen molar-refractivity contribution in [2.75, 3.05) is 16.8 Å². The molecular weight excluding hydrogens is 264 g/mol. The Balaban J connectivity index is 1.70. The van der Waals surface area contributed by atoms with Crippen molar-refractivity contribution in [2.24, 2.45) is 0 Å². The molecule has 21 heavy (non-hydrogen) atoms. The average molecular weight is 282 g/mol. The van der Waals surface area contributed by atoms with Gasteiger partial charge in [0.05, 0.1) is 0 Å². The van der Waals surface area contributed by atoms with Crippen LogP contribution in [0.25, 0.3) is 0 Å². The van der Waals surface area contributed by atoms with Gasteiger partial charge in [-0.05, 0) is 31.4 Å². The third-order valence-corrected chi connectivity index (χ3v) is 4.28. The number of aromatic nitrogens is 2. The molecule has 0 aliphatic carbocycles. The Morgan fingerprint density at radius 3 is 3.10 bits per heavy atom. The second-order valence-corrected chi connectivity index (χ2v) is 5.78. The Bertz CT molecular complexity index is 683. The van der Waals surface area contributed by atoms with Gasteiger partial charge < -0.3 is 14.8 Å². The number of nitrogens with zero attached hydrogens (tertiary/aromatic N) is 3. The number of carbonyl (C=O) groups excluding carboxylic acids is 1. The number of hydrogen-bond donors (Lipinski definition) is 1. The molecular formula is C16H18N4O. The molecule has 0 bridgehead atoms. The lowest BCUT2D eigenvalue weighted by Crippen LogP contribution is -2.35. The Morgan fingerprint density at radius 1 is 1.38 bits per heavy atom. The highest BCUT2D eigenvalue weighted by Crippen LogP contribution is 2.33. The first-order valence-corrected chi connectivity index (χ1v) is 7.46. The van der Waals surface area contributed by atoms with Crippen LogP contribution in [-0.4, -0.2) is 28.0 Å². The van der Waals surface area contributed by atoms with Crippen molar-refractivity contribution < 1.29 is 4.79 Å². The molecule has 1 atom stereocenters. The highest BCUT2D eigenvalue weighted by Gasteiger charge is 2.32. The van der Waals surface area contributed by atoms with Crippen LogP contribution in [-0.2, 0) is 13.0 Å². The fraction of sp³-hybridized carbons (Fsp3) is 0.375. The molecule has 1 N–H and O–H groups in total. The molecule has 0 spiro atoms. The van der Waals surface area contributed by atoms with E-state index in [-0.39, 0.29) is 11.9 Å². The van der Waals surface area contributed by atoms with E-state index in [0.717, 1.165) is 37.6 Å². The summed E-state index contributed by atoms with van der Waals surface area (Å²) in [5.74, 6) is 0.806. The predicted octanol–water partition coefficient (Wildman–Crippen LogP) is 2.29. The summed E-state index contributed by atoms with van der Waals surface area (Å²) in [7, 11) is 0. The molecule has 0 radical (unpaired) electrons. The number of carbonyl (C=O) groups is 1. The zero-order valence-electron chi connectivity index (χ0n) is 12.0. The van der Waals surface area contributed by atoms with E-state index in [0.29, 0.717) is 5.69 Å². The van der Waals surface area contributed by atoms with E-state index in [1.165, 1.54) is 5.56 Å². The molecule has 2 aliphatic rings. The molecule has 1 unspecified atom stereocenters. The third kappa shape index (κ3) is 1.92. The normalized spacial score (nSPS) is 19.9. The van der Waals surface area contributed by atoms with E-state index in [9.17, 15) is 4.79 Å². The lowest BCUT2D eigenvalue weighted by Gasteiger charge is -2.21. The van der Waals surface area contributed by atoms with Crippen molar-refractivity contribution in [3.8, 4) is 0 Å². The van der Waals surface area contributed by atoms with Crippen LogP contribution in [0.15, 0.2) is 30.5 Å². The Morgan fingerprint density at radius 2 is 2.24 bits per heavy atom. The number of hydrogen-bond acceptors (Lipinski definition) is 3. The number of imidazole rings is 1. The summed E-state index contributed by atoms with van der Waals surface area (Å²) in [6, 6.07) is 8.31. The molecule has 0 fully saturated rings. The molecule has 3 heterocycles. The van der Waals surface area contributed by atoms with Crippen molar-refractivity contribution in [1.29, 1.82) is 0 Å². The molecule has 1 amide bonds. The monoisotopic (exact) mass is 282 g/mol. The smallest absolute Gasteiger partial charge is 0.278 e. The minimum atomic E-state index is -0.00356. The molecule has 0 saturated carbocycles. The SMILES string of the molecule is CC1Cc2ccccc2N1C(=O)c1cn2c(n1)NCCC2. The molecule has 1 aromatic carbocycles. The van der Waals surface area contributed by atoms with Crippen LogP contribution >= 0.6 is 0 Å². The van der Waals surface area contributed by atoms with Gasteiger partial charge in [-0.2, -0.15) is 0 Å². The summed E-state index contributed by atoms with van der Waals surface area (Å²) in [6.45, 7) is 3.94. The third-order valence-electron chi connectivity index (χ3n) is 4.28. The lowest BCUT2D eigenvalue weighted by molar-refractivity contribution is 0.0977. The zero-order chi connectivity index (χ0) is 14.4. The average Bonchev–Trinajstić information content (AvgIpc) is 3.06. The first-order valence-electron chi connectivity index (χ1n) is 7.46. The van der Waals surface area contributed by atoms with E-state index in [4.69, 9.17) is 0 Å². The molecule has 2 aliphatic heterocycles. The van der Waals surface area contributed by atoms with Gasteiger partial charge in [0.2, 0.25) is 5.95 Å². The fourth-order valence-electron chi connectivity index (χ4n) is 3.28. The molecule has 1 aromatic heterocycles. The Hall–Kier alpha value is -2.30. The van der Waals surface area contributed by atoms with Crippen molar-refractivity contribution in [3.63, 3.8) is 0 Å². The number of benzene rings is 1. The fourth-order valence-corrected chi connectivity index (χ4v) is 3.28. The second kappa shape index (κ2) is 4.62. The predicted molar refractivity (Wildman–Crippen MR) is 81.8 cm³/mol. The van der Waals surface area contributed by atoms with Crippen LogP contribution in [0.1, 0.15) is 29.4 Å². The number of para-hydroxylation sites is 1. The van der Waals surface area contributed by atoms with Crippen LogP contribution in [0.3, 0.4) is 0 Å². The molecule has 5 nitrogen and oxygen atoms in total. The molecule has 4 rings (SSSR count). The van der Waals surface area contributed by atoms with Crippen molar-refractivity contribution in [2.45, 2.75) is 32.4 Å². The number of rotatable bonds is 1. The van der Waals surface area contributed by atoms with Gasteiger partial charge in [-0.25, -0.2) is 4.98 Å². The van der Waals surface area contributed by atoms with Gasteiger partial charge >= 0.3 is 0 Å². The van der Waals surface area contributed by atoms with Gasteiger partial charge in [-0.1, -0.05) is 18.2 Å². The maximum absolute atomic E-state index is 12.9. The minimum Gasteiger partial charge on any atom is -0.356 e. The summed E-state index contributed by atoms with van der Waals surface area (Å²) in [5, 5.41) is 3.24. The molecule has 0 saturated heterocycles. The largest absolute Gasteiger partial charge is 0.356 e. The van der Waals surface area contributed by atoms with E-state index in [1.54, 1.807) is 0 Å². The van der Waals surface area contributed by atoms with Gasteiger partial charge in [0.25, 0.3) is 5.91 Å². The second-order valence-electron chi connectivity index (χ2n) is 5.78. The van der Waals surface area contributed by atoms with Crippen LogP contribution in [0.4, 0.5) is 11.6 Å². The number of anilines is 2. The van der Waals surface area contributed by atoms with Crippen LogP contribution in [0.5, 0.6) is 0 Å². The summed E-state index contributed by atoms with van der Waals surface area (Å²) in [6.07, 6.45) is 3.85. The highest BCUT2D eigenvalue weighted by molar-refractivity contribution is 6.06. The van der Waals surface area contributed by atoms with Gasteiger partial charge in [0, 0.05) is 31.0 Å². The first kappa shape index (κ1) is 12.4. The highest BCUT2D eigenvalue weighted by atomic mass is 16.2. The summed E-state index contributed by atoms with van der Waals surface area (Å²) in [5.41, 5.74) is 2.79. The zero-order valence-corrected chi connectivity index (χ0v) is 12.0. The first-order chi connectivity index (χ1) is 10.2. The van der Waals surface area contributed by atoms with E-state index >= 15 is 0 Å². The van der Waals surface area contributed by atoms with Gasteiger partial charge in [0.1, 0.15) is 5.69 Å². The molecule has 2 aromatic rings. The van der Waals surface area contributed by atoms with Gasteiger partial charge in [0.15, 0.2) is 0 Å². The van der Waals surface area contributed by atoms with E-state index in [2.05, 4.69) is 23.3 Å². The van der Waals surface area contributed by atoms with Crippen molar-refractivity contribution in [1.82, 2.24) is 9.55 Å². The van der Waals surface area contributed by atoms with Crippen molar-refractivity contribution in [3.05, 3.63) is 41.7 Å². The Labute approximate surface area is 123 Å². The van der Waals surface area contributed by atoms with E-state index < -0.39 is 0 Å².